The van der Waals surface area contributed by atoms with E-state index in [1.807, 2.05) is 38.1 Å². The molecule has 0 aromatic heterocycles. The molecule has 2 aliphatic rings. The van der Waals surface area contributed by atoms with Crippen molar-refractivity contribution in [3.63, 3.8) is 0 Å². The molecule has 0 spiro atoms. The molecule has 0 radical (unpaired) electrons. The van der Waals surface area contributed by atoms with Crippen LogP contribution in [0.5, 0.6) is 5.75 Å². The highest BCUT2D eigenvalue weighted by Crippen LogP contribution is 2.27. The summed E-state index contributed by atoms with van der Waals surface area (Å²) in [5.74, 6) is -0.0188. The molecule has 1 N–H and O–H groups in total. The van der Waals surface area contributed by atoms with Crippen LogP contribution in [0, 0.1) is 0 Å². The van der Waals surface area contributed by atoms with E-state index >= 15 is 0 Å². The SMILES string of the molecule is COc1ccccc1C[C@]1(C)NC(=O)N(CC(=O)N2C[C@@H](C)O[C@@H](C)C2)C1=O. The Labute approximate surface area is 164 Å². The van der Waals surface area contributed by atoms with Crippen LogP contribution in [0.1, 0.15) is 26.3 Å². The number of amides is 4. The topological polar surface area (TPSA) is 88.2 Å². The van der Waals surface area contributed by atoms with Crippen molar-refractivity contribution in [3.05, 3.63) is 29.8 Å². The summed E-state index contributed by atoms with van der Waals surface area (Å²) in [6.45, 7) is 6.09. The first-order valence-electron chi connectivity index (χ1n) is 9.42. The average Bonchev–Trinajstić information content (AvgIpc) is 2.84. The van der Waals surface area contributed by atoms with Crippen LogP contribution in [0.4, 0.5) is 4.79 Å². The zero-order valence-electron chi connectivity index (χ0n) is 16.7. The van der Waals surface area contributed by atoms with Gasteiger partial charge in [0.2, 0.25) is 5.91 Å². The van der Waals surface area contributed by atoms with Crippen LogP contribution >= 0.6 is 0 Å². The molecule has 8 heteroatoms. The quantitative estimate of drug-likeness (QED) is 0.764. The second kappa shape index (κ2) is 7.79. The lowest BCUT2D eigenvalue weighted by Crippen LogP contribution is -2.52. The van der Waals surface area contributed by atoms with Crippen molar-refractivity contribution in [3.8, 4) is 5.75 Å². The highest BCUT2D eigenvalue weighted by atomic mass is 16.5. The van der Waals surface area contributed by atoms with E-state index in [0.717, 1.165) is 10.5 Å². The molecular formula is C20H27N3O5. The summed E-state index contributed by atoms with van der Waals surface area (Å²) in [5.41, 5.74) is -0.317. The van der Waals surface area contributed by atoms with E-state index < -0.39 is 17.5 Å². The Hall–Kier alpha value is -2.61. The van der Waals surface area contributed by atoms with Crippen LogP contribution < -0.4 is 10.1 Å². The van der Waals surface area contributed by atoms with Gasteiger partial charge in [-0.3, -0.25) is 14.5 Å². The number of ether oxygens (including phenoxy) is 2. The Morgan fingerprint density at radius 1 is 1.25 bits per heavy atom. The van der Waals surface area contributed by atoms with Gasteiger partial charge >= 0.3 is 6.03 Å². The normalized spacial score (nSPS) is 27.7. The maximum Gasteiger partial charge on any atom is 0.325 e. The van der Waals surface area contributed by atoms with Crippen molar-refractivity contribution in [1.29, 1.82) is 0 Å². The molecule has 3 atom stereocenters. The van der Waals surface area contributed by atoms with Crippen molar-refractivity contribution in [2.75, 3.05) is 26.7 Å². The van der Waals surface area contributed by atoms with Crippen molar-refractivity contribution >= 4 is 17.8 Å². The molecule has 3 rings (SSSR count). The number of nitrogens with one attached hydrogen (secondary N) is 1. The van der Waals surface area contributed by atoms with Crippen LogP contribution in [0.2, 0.25) is 0 Å². The fourth-order valence-electron chi connectivity index (χ4n) is 3.86. The largest absolute Gasteiger partial charge is 0.496 e. The van der Waals surface area contributed by atoms with Gasteiger partial charge in [-0.1, -0.05) is 18.2 Å². The first kappa shape index (κ1) is 20.1. The number of benzene rings is 1. The van der Waals surface area contributed by atoms with Crippen molar-refractivity contribution in [2.45, 2.75) is 44.9 Å². The van der Waals surface area contributed by atoms with E-state index in [0.29, 0.717) is 18.8 Å². The number of hydrogen-bond donors (Lipinski definition) is 1. The molecule has 0 saturated carbocycles. The first-order valence-corrected chi connectivity index (χ1v) is 9.42. The Balaban J connectivity index is 1.71. The number of nitrogens with zero attached hydrogens (tertiary/aromatic N) is 2. The lowest BCUT2D eigenvalue weighted by atomic mass is 9.92. The lowest BCUT2D eigenvalue weighted by molar-refractivity contribution is -0.146. The van der Waals surface area contributed by atoms with Crippen LogP contribution in [0.3, 0.4) is 0 Å². The van der Waals surface area contributed by atoms with E-state index in [2.05, 4.69) is 5.32 Å². The minimum Gasteiger partial charge on any atom is -0.496 e. The van der Waals surface area contributed by atoms with Gasteiger partial charge in [0.15, 0.2) is 0 Å². The van der Waals surface area contributed by atoms with E-state index in [1.165, 1.54) is 0 Å². The molecule has 8 nitrogen and oxygen atoms in total. The van der Waals surface area contributed by atoms with Crippen LogP contribution in [0.15, 0.2) is 24.3 Å². The third-order valence-corrected chi connectivity index (χ3v) is 5.15. The van der Waals surface area contributed by atoms with Crippen molar-refractivity contribution in [2.24, 2.45) is 0 Å². The van der Waals surface area contributed by atoms with Gasteiger partial charge in [0.1, 0.15) is 17.8 Å². The smallest absolute Gasteiger partial charge is 0.325 e. The Kier molecular flexibility index (Phi) is 5.60. The van der Waals surface area contributed by atoms with Gasteiger partial charge in [-0.2, -0.15) is 0 Å². The van der Waals surface area contributed by atoms with Crippen molar-refractivity contribution in [1.82, 2.24) is 15.1 Å². The van der Waals surface area contributed by atoms with Gasteiger partial charge in [0.05, 0.1) is 19.3 Å². The summed E-state index contributed by atoms with van der Waals surface area (Å²) < 4.78 is 11.0. The molecule has 1 aromatic rings. The van der Waals surface area contributed by atoms with Gasteiger partial charge in [0.25, 0.3) is 5.91 Å². The number of methoxy groups -OCH3 is 1. The Bertz CT molecular complexity index is 773. The maximum atomic E-state index is 13.0. The second-order valence-corrected chi connectivity index (χ2v) is 7.70. The van der Waals surface area contributed by atoms with E-state index in [9.17, 15) is 14.4 Å². The van der Waals surface area contributed by atoms with Gasteiger partial charge in [-0.25, -0.2) is 4.79 Å². The summed E-state index contributed by atoms with van der Waals surface area (Å²) >= 11 is 0. The molecule has 152 valence electrons. The zero-order chi connectivity index (χ0) is 20.5. The zero-order valence-corrected chi connectivity index (χ0v) is 16.7. The second-order valence-electron chi connectivity index (χ2n) is 7.70. The molecule has 0 aliphatic carbocycles. The number of para-hydroxylation sites is 1. The fraction of sp³-hybridized carbons (Fsp3) is 0.550. The summed E-state index contributed by atoms with van der Waals surface area (Å²) in [6.07, 6.45) is 0.121. The molecule has 28 heavy (non-hydrogen) atoms. The average molecular weight is 389 g/mol. The monoisotopic (exact) mass is 389 g/mol. The minimum atomic E-state index is -1.13. The highest BCUT2D eigenvalue weighted by molar-refractivity contribution is 6.09. The number of urea groups is 1. The summed E-state index contributed by atoms with van der Waals surface area (Å²) in [7, 11) is 1.56. The number of rotatable bonds is 5. The molecule has 2 saturated heterocycles. The number of morpholine rings is 1. The Morgan fingerprint density at radius 2 is 1.89 bits per heavy atom. The predicted molar refractivity (Wildman–Crippen MR) is 102 cm³/mol. The molecular weight excluding hydrogens is 362 g/mol. The molecule has 2 fully saturated rings. The molecule has 0 unspecified atom stereocenters. The number of hydrogen-bond acceptors (Lipinski definition) is 5. The number of carbonyl (C=O) groups is 3. The van der Waals surface area contributed by atoms with E-state index in [-0.39, 0.29) is 31.1 Å². The van der Waals surface area contributed by atoms with Gasteiger partial charge in [-0.15, -0.1) is 0 Å². The summed E-state index contributed by atoms with van der Waals surface area (Å²) in [4.78, 5) is 40.8. The summed E-state index contributed by atoms with van der Waals surface area (Å²) in [5, 5.41) is 2.74. The van der Waals surface area contributed by atoms with Gasteiger partial charge in [-0.05, 0) is 32.4 Å². The predicted octanol–water partition coefficient (Wildman–Crippen LogP) is 1.18. The lowest BCUT2D eigenvalue weighted by Gasteiger charge is -2.35. The third-order valence-electron chi connectivity index (χ3n) is 5.15. The van der Waals surface area contributed by atoms with Crippen LogP contribution in [-0.4, -0.2) is 72.1 Å². The number of imide groups is 1. The molecule has 4 amide bonds. The van der Waals surface area contributed by atoms with Gasteiger partial charge < -0.3 is 19.7 Å². The van der Waals surface area contributed by atoms with Crippen LogP contribution in [-0.2, 0) is 20.7 Å². The van der Waals surface area contributed by atoms with Crippen molar-refractivity contribution < 1.29 is 23.9 Å². The first-order chi connectivity index (χ1) is 13.2. The molecule has 2 aliphatic heterocycles. The van der Waals surface area contributed by atoms with Gasteiger partial charge in [0, 0.05) is 19.5 Å². The fourth-order valence-corrected chi connectivity index (χ4v) is 3.86. The van der Waals surface area contributed by atoms with E-state index in [4.69, 9.17) is 9.47 Å². The standard InChI is InChI=1S/C20H27N3O5/c1-13-10-22(11-14(2)28-13)17(24)12-23-18(25)20(3,21-19(23)26)9-15-7-5-6-8-16(15)27-4/h5-8,13-14H,9-12H2,1-4H3,(H,21,26)/t13-,14+,20-/m0/s1. The molecule has 1 aromatic carbocycles. The van der Waals surface area contributed by atoms with E-state index in [1.54, 1.807) is 18.9 Å². The highest BCUT2D eigenvalue weighted by Gasteiger charge is 2.49. The molecule has 2 heterocycles. The third kappa shape index (κ3) is 3.96. The Morgan fingerprint density at radius 3 is 2.54 bits per heavy atom. The maximum absolute atomic E-state index is 13.0. The minimum absolute atomic E-state index is 0.0772. The van der Waals surface area contributed by atoms with Crippen LogP contribution in [0.25, 0.3) is 0 Å². The number of carbonyl (C=O) groups excluding carboxylic acids is 3. The summed E-state index contributed by atoms with van der Waals surface area (Å²) in [6, 6.07) is 6.81. The molecule has 0 bridgehead atoms.